The molecule has 1 aliphatic carbocycles. The highest BCUT2D eigenvalue weighted by Gasteiger charge is 2.21. The maximum Gasteiger partial charge on any atom is 0.201 e. The minimum Gasteiger partial charge on any atom is -0.490 e. The average molecular weight is 483 g/mol. The van der Waals surface area contributed by atoms with Crippen LogP contribution in [0.5, 0.6) is 5.75 Å². The molecule has 3 aromatic rings. The first kappa shape index (κ1) is 25.0. The van der Waals surface area contributed by atoms with Gasteiger partial charge in [0.1, 0.15) is 0 Å². The number of rotatable bonds is 8. The van der Waals surface area contributed by atoms with Crippen LogP contribution in [0.4, 0.5) is 17.6 Å². The zero-order chi connectivity index (χ0) is 24.9. The first-order valence-electron chi connectivity index (χ1n) is 12.3. The summed E-state index contributed by atoms with van der Waals surface area (Å²) in [6.45, 7) is 4.33. The molecule has 0 amide bonds. The lowest BCUT2D eigenvalue weighted by molar-refractivity contribution is 0.295. The van der Waals surface area contributed by atoms with Crippen LogP contribution in [-0.2, 0) is 0 Å². The Bertz CT molecular complexity index is 1210. The minimum atomic E-state index is -1.04. The van der Waals surface area contributed by atoms with E-state index >= 15 is 8.78 Å². The molecule has 35 heavy (non-hydrogen) atoms. The van der Waals surface area contributed by atoms with Gasteiger partial charge in [-0.05, 0) is 60.4 Å². The highest BCUT2D eigenvalue weighted by Crippen LogP contribution is 2.37. The Morgan fingerprint density at radius 1 is 0.714 bits per heavy atom. The highest BCUT2D eigenvalue weighted by atomic mass is 19.2. The molecule has 1 aliphatic rings. The maximum absolute atomic E-state index is 15.1. The molecule has 0 aromatic heterocycles. The van der Waals surface area contributed by atoms with E-state index in [2.05, 4.69) is 6.92 Å². The van der Waals surface area contributed by atoms with E-state index in [1.54, 1.807) is 36.4 Å². The standard InChI is InChI=1S/C30H30F4O/c1-3-5-19-6-8-20(9-7-19)23-14-15-24(28(32)27(23)31)21-10-12-22(13-11-21)25-16-17-26(35-18-4-2)30(34)29(25)33/h8,10-17,19H,3-7,9,18H2,1-2H3. The van der Waals surface area contributed by atoms with E-state index in [0.29, 0.717) is 35.6 Å². The first-order valence-corrected chi connectivity index (χ1v) is 12.3. The summed E-state index contributed by atoms with van der Waals surface area (Å²) >= 11 is 0. The molecule has 0 aliphatic heterocycles. The predicted octanol–water partition coefficient (Wildman–Crippen LogP) is 9.35. The van der Waals surface area contributed by atoms with E-state index in [-0.39, 0.29) is 16.9 Å². The normalized spacial score (nSPS) is 15.7. The quantitative estimate of drug-likeness (QED) is 0.291. The average Bonchev–Trinajstić information content (AvgIpc) is 2.88. The van der Waals surface area contributed by atoms with E-state index in [1.807, 2.05) is 13.0 Å². The summed E-state index contributed by atoms with van der Waals surface area (Å²) in [7, 11) is 0. The molecule has 4 rings (SSSR count). The third-order valence-electron chi connectivity index (χ3n) is 6.66. The molecule has 0 saturated carbocycles. The second-order valence-corrected chi connectivity index (χ2v) is 9.11. The van der Waals surface area contributed by atoms with Gasteiger partial charge in [-0.25, -0.2) is 13.2 Å². The third-order valence-corrected chi connectivity index (χ3v) is 6.66. The smallest absolute Gasteiger partial charge is 0.201 e. The molecule has 0 N–H and O–H groups in total. The zero-order valence-electron chi connectivity index (χ0n) is 20.1. The van der Waals surface area contributed by atoms with Gasteiger partial charge in [0.25, 0.3) is 0 Å². The van der Waals surface area contributed by atoms with Crippen LogP contribution in [0.3, 0.4) is 0 Å². The van der Waals surface area contributed by atoms with Gasteiger partial charge in [0, 0.05) is 16.7 Å². The van der Waals surface area contributed by atoms with Crippen molar-refractivity contribution in [3.8, 4) is 28.0 Å². The molecule has 0 heterocycles. The van der Waals surface area contributed by atoms with Crippen LogP contribution in [0, 0.1) is 29.2 Å². The van der Waals surface area contributed by atoms with E-state index in [4.69, 9.17) is 4.74 Å². The van der Waals surface area contributed by atoms with Crippen molar-refractivity contribution in [2.45, 2.75) is 52.4 Å². The van der Waals surface area contributed by atoms with Crippen LogP contribution >= 0.6 is 0 Å². The van der Waals surface area contributed by atoms with Crippen molar-refractivity contribution in [3.63, 3.8) is 0 Å². The SMILES string of the molecule is CCCOc1ccc(-c2ccc(-c3ccc(C4=CCC(CCC)CC4)c(F)c3F)cc2)c(F)c1F. The summed E-state index contributed by atoms with van der Waals surface area (Å²) < 4.78 is 64.3. The molecule has 5 heteroatoms. The van der Waals surface area contributed by atoms with Gasteiger partial charge in [-0.1, -0.05) is 69.2 Å². The molecule has 0 bridgehead atoms. The lowest BCUT2D eigenvalue weighted by atomic mass is 9.84. The molecular weight excluding hydrogens is 452 g/mol. The molecule has 0 fully saturated rings. The van der Waals surface area contributed by atoms with E-state index < -0.39 is 23.3 Å². The van der Waals surface area contributed by atoms with Crippen LogP contribution in [0.2, 0.25) is 0 Å². The fraction of sp³-hybridized carbons (Fsp3) is 0.333. The van der Waals surface area contributed by atoms with Gasteiger partial charge in [-0.15, -0.1) is 0 Å². The van der Waals surface area contributed by atoms with Gasteiger partial charge in [-0.2, -0.15) is 4.39 Å². The molecule has 1 nitrogen and oxygen atoms in total. The molecule has 184 valence electrons. The summed E-state index contributed by atoms with van der Waals surface area (Å²) in [5.74, 6) is -3.30. The Balaban J connectivity index is 1.57. The van der Waals surface area contributed by atoms with Gasteiger partial charge in [0.15, 0.2) is 23.2 Å². The van der Waals surface area contributed by atoms with Crippen molar-refractivity contribution in [3.05, 3.63) is 83.4 Å². The second kappa shape index (κ2) is 11.1. The van der Waals surface area contributed by atoms with Crippen LogP contribution in [0.15, 0.2) is 54.6 Å². The Hall–Kier alpha value is -3.08. The minimum absolute atomic E-state index is 0.0745. The second-order valence-electron chi connectivity index (χ2n) is 9.11. The monoisotopic (exact) mass is 482 g/mol. The van der Waals surface area contributed by atoms with Gasteiger partial charge >= 0.3 is 0 Å². The van der Waals surface area contributed by atoms with E-state index in [0.717, 1.165) is 37.7 Å². The number of allylic oxidation sites excluding steroid dienone is 2. The number of hydrogen-bond acceptors (Lipinski definition) is 1. The predicted molar refractivity (Wildman–Crippen MR) is 133 cm³/mol. The zero-order valence-corrected chi connectivity index (χ0v) is 20.1. The summed E-state index contributed by atoms with van der Waals surface area (Å²) in [5, 5.41) is 0. The maximum atomic E-state index is 15.1. The van der Waals surface area contributed by atoms with Gasteiger partial charge in [0.05, 0.1) is 6.61 Å². The summed E-state index contributed by atoms with van der Waals surface area (Å²) in [4.78, 5) is 0. The van der Waals surface area contributed by atoms with Crippen LogP contribution in [0.1, 0.15) is 57.9 Å². The molecular formula is C30H30F4O. The van der Waals surface area contributed by atoms with Crippen molar-refractivity contribution in [1.82, 2.24) is 0 Å². The third kappa shape index (κ3) is 5.29. The van der Waals surface area contributed by atoms with Crippen molar-refractivity contribution in [1.29, 1.82) is 0 Å². The number of halogens is 4. The van der Waals surface area contributed by atoms with Gasteiger partial charge < -0.3 is 4.74 Å². The summed E-state index contributed by atoms with van der Waals surface area (Å²) in [5.41, 5.74) is 2.28. The van der Waals surface area contributed by atoms with Crippen molar-refractivity contribution < 1.29 is 22.3 Å². The van der Waals surface area contributed by atoms with Crippen molar-refractivity contribution in [2.75, 3.05) is 6.61 Å². The fourth-order valence-electron chi connectivity index (χ4n) is 4.73. The summed E-state index contributed by atoms with van der Waals surface area (Å²) in [6, 6.07) is 12.4. The Labute approximate surface area is 204 Å². The van der Waals surface area contributed by atoms with Crippen LogP contribution in [-0.4, -0.2) is 6.61 Å². The lowest BCUT2D eigenvalue weighted by Crippen LogP contribution is -2.06. The molecule has 1 atom stereocenters. The Kier molecular flexibility index (Phi) is 7.94. The molecule has 3 aromatic carbocycles. The topological polar surface area (TPSA) is 9.23 Å². The molecule has 1 unspecified atom stereocenters. The van der Waals surface area contributed by atoms with E-state index in [1.165, 1.54) is 12.1 Å². The summed E-state index contributed by atoms with van der Waals surface area (Å²) in [6.07, 6.45) is 7.65. The van der Waals surface area contributed by atoms with Crippen LogP contribution in [0.25, 0.3) is 27.8 Å². The fourth-order valence-corrected chi connectivity index (χ4v) is 4.73. The number of ether oxygens (including phenoxy) is 1. The van der Waals surface area contributed by atoms with Crippen molar-refractivity contribution >= 4 is 5.57 Å². The number of hydrogen-bond donors (Lipinski definition) is 0. The Morgan fingerprint density at radius 3 is 1.86 bits per heavy atom. The highest BCUT2D eigenvalue weighted by molar-refractivity contribution is 5.74. The number of benzene rings is 3. The largest absolute Gasteiger partial charge is 0.490 e. The molecule has 0 saturated heterocycles. The Morgan fingerprint density at radius 2 is 1.29 bits per heavy atom. The molecule has 0 radical (unpaired) electrons. The lowest BCUT2D eigenvalue weighted by Gasteiger charge is -2.22. The van der Waals surface area contributed by atoms with E-state index in [9.17, 15) is 8.78 Å². The molecule has 0 spiro atoms. The van der Waals surface area contributed by atoms with Gasteiger partial charge in [-0.3, -0.25) is 0 Å². The van der Waals surface area contributed by atoms with Crippen LogP contribution < -0.4 is 4.74 Å². The first-order chi connectivity index (χ1) is 16.9. The van der Waals surface area contributed by atoms with Gasteiger partial charge in [0.2, 0.25) is 5.82 Å². The van der Waals surface area contributed by atoms with Crippen molar-refractivity contribution in [2.24, 2.45) is 5.92 Å².